The van der Waals surface area contributed by atoms with Crippen LogP contribution in [0.3, 0.4) is 0 Å². The maximum absolute atomic E-state index is 11.1. The van der Waals surface area contributed by atoms with Gasteiger partial charge < -0.3 is 15.7 Å². The SMILES string of the molecule is CC(C)[C@H](C(=O)O)N1C[C@H](N)C1=O. The van der Waals surface area contributed by atoms with Gasteiger partial charge in [-0.3, -0.25) is 4.79 Å². The lowest BCUT2D eigenvalue weighted by Crippen LogP contribution is -2.66. The van der Waals surface area contributed by atoms with Gasteiger partial charge in [-0.05, 0) is 5.92 Å². The number of aliphatic carboxylic acids is 1. The Kier molecular flexibility index (Phi) is 2.56. The topological polar surface area (TPSA) is 83.6 Å². The van der Waals surface area contributed by atoms with Crippen LogP contribution in [0.4, 0.5) is 0 Å². The molecule has 0 bridgehead atoms. The Bertz CT molecular complexity index is 240. The van der Waals surface area contributed by atoms with E-state index in [1.54, 1.807) is 13.8 Å². The molecule has 0 aromatic heterocycles. The predicted molar refractivity (Wildman–Crippen MR) is 46.0 cm³/mol. The number of rotatable bonds is 3. The molecular formula is C8H14N2O3. The number of hydrogen-bond donors (Lipinski definition) is 2. The summed E-state index contributed by atoms with van der Waals surface area (Å²) in [6.07, 6.45) is 0. The van der Waals surface area contributed by atoms with Crippen LogP contribution in [0.15, 0.2) is 0 Å². The van der Waals surface area contributed by atoms with Crippen molar-refractivity contribution in [3.8, 4) is 0 Å². The zero-order chi connectivity index (χ0) is 10.2. The normalized spacial score (nSPS) is 24.5. The van der Waals surface area contributed by atoms with E-state index in [4.69, 9.17) is 10.8 Å². The van der Waals surface area contributed by atoms with Crippen LogP contribution in [0.25, 0.3) is 0 Å². The van der Waals surface area contributed by atoms with Crippen LogP contribution in [0.1, 0.15) is 13.8 Å². The molecule has 1 amide bonds. The van der Waals surface area contributed by atoms with Gasteiger partial charge in [0, 0.05) is 6.54 Å². The van der Waals surface area contributed by atoms with E-state index >= 15 is 0 Å². The average molecular weight is 186 g/mol. The molecule has 0 spiro atoms. The van der Waals surface area contributed by atoms with Crippen molar-refractivity contribution in [2.75, 3.05) is 6.54 Å². The standard InChI is InChI=1S/C8H14N2O3/c1-4(2)6(8(12)13)10-3-5(9)7(10)11/h4-6H,3,9H2,1-2H3,(H,12,13)/t5-,6+/m0/s1. The second-order valence-electron chi connectivity index (χ2n) is 3.62. The van der Waals surface area contributed by atoms with Crippen molar-refractivity contribution in [2.45, 2.75) is 25.9 Å². The molecule has 5 nitrogen and oxygen atoms in total. The molecule has 1 rings (SSSR count). The lowest BCUT2D eigenvalue weighted by atomic mass is 9.97. The Morgan fingerprint density at radius 3 is 2.46 bits per heavy atom. The molecular weight excluding hydrogens is 172 g/mol. The average Bonchev–Trinajstić information content (AvgIpc) is 2.02. The van der Waals surface area contributed by atoms with Gasteiger partial charge in [-0.2, -0.15) is 0 Å². The third-order valence-electron chi connectivity index (χ3n) is 2.21. The third kappa shape index (κ3) is 1.65. The number of hydrogen-bond acceptors (Lipinski definition) is 3. The zero-order valence-corrected chi connectivity index (χ0v) is 7.73. The summed E-state index contributed by atoms with van der Waals surface area (Å²) < 4.78 is 0. The van der Waals surface area contributed by atoms with Crippen molar-refractivity contribution in [2.24, 2.45) is 11.7 Å². The Balaban J connectivity index is 2.68. The second-order valence-corrected chi connectivity index (χ2v) is 3.62. The minimum absolute atomic E-state index is 0.0889. The number of amides is 1. The fourth-order valence-electron chi connectivity index (χ4n) is 1.51. The monoisotopic (exact) mass is 186 g/mol. The van der Waals surface area contributed by atoms with E-state index in [2.05, 4.69) is 0 Å². The fourth-order valence-corrected chi connectivity index (χ4v) is 1.51. The van der Waals surface area contributed by atoms with Crippen LogP contribution in [-0.4, -0.2) is 40.5 Å². The summed E-state index contributed by atoms with van der Waals surface area (Å²) in [5.41, 5.74) is 5.37. The number of β-lactam (4-membered cyclic amide) rings is 1. The van der Waals surface area contributed by atoms with E-state index in [0.717, 1.165) is 0 Å². The summed E-state index contributed by atoms with van der Waals surface area (Å²) in [6, 6.07) is -1.23. The lowest BCUT2D eigenvalue weighted by Gasteiger charge is -2.41. The summed E-state index contributed by atoms with van der Waals surface area (Å²) in [6.45, 7) is 3.90. The quantitative estimate of drug-likeness (QED) is 0.569. The van der Waals surface area contributed by atoms with E-state index in [1.807, 2.05) is 0 Å². The molecule has 0 aromatic rings. The van der Waals surface area contributed by atoms with Gasteiger partial charge in [-0.25, -0.2) is 4.79 Å². The molecule has 0 aromatic carbocycles. The highest BCUT2D eigenvalue weighted by Gasteiger charge is 2.42. The molecule has 0 aliphatic carbocycles. The Hall–Kier alpha value is -1.10. The molecule has 1 aliphatic rings. The highest BCUT2D eigenvalue weighted by atomic mass is 16.4. The second kappa shape index (κ2) is 3.33. The number of nitrogens with zero attached hydrogens (tertiary/aromatic N) is 1. The molecule has 3 N–H and O–H groups in total. The number of carboxylic acid groups (broad SMARTS) is 1. The molecule has 0 unspecified atom stereocenters. The summed E-state index contributed by atoms with van der Waals surface area (Å²) in [7, 11) is 0. The number of carboxylic acids is 1. The number of carbonyl (C=O) groups excluding carboxylic acids is 1. The molecule has 1 fully saturated rings. The van der Waals surface area contributed by atoms with Gasteiger partial charge in [0.15, 0.2) is 0 Å². The maximum Gasteiger partial charge on any atom is 0.326 e. The number of carbonyl (C=O) groups is 2. The molecule has 0 radical (unpaired) electrons. The third-order valence-corrected chi connectivity index (χ3v) is 2.21. The molecule has 0 saturated carbocycles. The molecule has 1 saturated heterocycles. The molecule has 5 heteroatoms. The molecule has 74 valence electrons. The summed E-state index contributed by atoms with van der Waals surface area (Å²) in [5.74, 6) is -1.31. The number of nitrogens with two attached hydrogens (primary N) is 1. The van der Waals surface area contributed by atoms with Crippen LogP contribution in [0.5, 0.6) is 0 Å². The first-order valence-corrected chi connectivity index (χ1v) is 4.24. The maximum atomic E-state index is 11.1. The highest BCUT2D eigenvalue weighted by Crippen LogP contribution is 2.18. The Morgan fingerprint density at radius 1 is 1.69 bits per heavy atom. The van der Waals surface area contributed by atoms with Crippen molar-refractivity contribution >= 4 is 11.9 Å². The molecule has 1 aliphatic heterocycles. The van der Waals surface area contributed by atoms with Crippen molar-refractivity contribution in [3.63, 3.8) is 0 Å². The number of likely N-dealkylation sites (tertiary alicyclic amines) is 1. The summed E-state index contributed by atoms with van der Waals surface area (Å²) >= 11 is 0. The molecule has 13 heavy (non-hydrogen) atoms. The predicted octanol–water partition coefficient (Wildman–Crippen LogP) is -0.735. The van der Waals surface area contributed by atoms with Gasteiger partial charge in [0.05, 0.1) is 0 Å². The Labute approximate surface area is 76.5 Å². The van der Waals surface area contributed by atoms with Crippen LogP contribution < -0.4 is 5.73 Å². The van der Waals surface area contributed by atoms with E-state index in [0.29, 0.717) is 6.54 Å². The largest absolute Gasteiger partial charge is 0.480 e. The van der Waals surface area contributed by atoms with Crippen LogP contribution >= 0.6 is 0 Å². The summed E-state index contributed by atoms with van der Waals surface area (Å²) in [4.78, 5) is 23.3. The van der Waals surface area contributed by atoms with Gasteiger partial charge in [-0.1, -0.05) is 13.8 Å². The van der Waals surface area contributed by atoms with Crippen molar-refractivity contribution in [3.05, 3.63) is 0 Å². The van der Waals surface area contributed by atoms with Gasteiger partial charge >= 0.3 is 5.97 Å². The first kappa shape index (κ1) is 9.98. The molecule has 1 heterocycles. The van der Waals surface area contributed by atoms with Gasteiger partial charge in [-0.15, -0.1) is 0 Å². The van der Waals surface area contributed by atoms with E-state index in [9.17, 15) is 9.59 Å². The van der Waals surface area contributed by atoms with Gasteiger partial charge in [0.1, 0.15) is 12.1 Å². The Morgan fingerprint density at radius 2 is 2.23 bits per heavy atom. The minimum atomic E-state index is -0.963. The molecule has 2 atom stereocenters. The first-order valence-electron chi connectivity index (χ1n) is 4.24. The smallest absolute Gasteiger partial charge is 0.326 e. The summed E-state index contributed by atoms with van der Waals surface area (Å²) in [5, 5.41) is 8.85. The van der Waals surface area contributed by atoms with Gasteiger partial charge in [0.25, 0.3) is 0 Å². The van der Waals surface area contributed by atoms with Gasteiger partial charge in [0.2, 0.25) is 5.91 Å². The van der Waals surface area contributed by atoms with E-state index < -0.39 is 18.1 Å². The zero-order valence-electron chi connectivity index (χ0n) is 7.73. The minimum Gasteiger partial charge on any atom is -0.480 e. The van der Waals surface area contributed by atoms with E-state index in [-0.39, 0.29) is 11.8 Å². The van der Waals surface area contributed by atoms with E-state index in [1.165, 1.54) is 4.90 Å². The van der Waals surface area contributed by atoms with Crippen LogP contribution in [0, 0.1) is 5.92 Å². The fraction of sp³-hybridized carbons (Fsp3) is 0.750. The lowest BCUT2D eigenvalue weighted by molar-refractivity contribution is -0.160. The highest BCUT2D eigenvalue weighted by molar-refractivity contribution is 5.92. The van der Waals surface area contributed by atoms with Crippen LogP contribution in [-0.2, 0) is 9.59 Å². The van der Waals surface area contributed by atoms with Crippen molar-refractivity contribution < 1.29 is 14.7 Å². The van der Waals surface area contributed by atoms with Crippen LogP contribution in [0.2, 0.25) is 0 Å². The van der Waals surface area contributed by atoms with Crippen molar-refractivity contribution in [1.82, 2.24) is 4.90 Å². The van der Waals surface area contributed by atoms with Crippen molar-refractivity contribution in [1.29, 1.82) is 0 Å². The first-order chi connectivity index (χ1) is 5.95.